The molecule has 11 heteroatoms. The summed E-state index contributed by atoms with van der Waals surface area (Å²) in [5.74, 6) is -0.796. The second-order valence-corrected chi connectivity index (χ2v) is 8.18. The summed E-state index contributed by atoms with van der Waals surface area (Å²) in [5, 5.41) is 7.45. The molecule has 0 aliphatic heterocycles. The molecule has 0 saturated carbocycles. The van der Waals surface area contributed by atoms with Crippen molar-refractivity contribution in [1.82, 2.24) is 0 Å². The average Bonchev–Trinajstić information content (AvgIpc) is 2.52. The van der Waals surface area contributed by atoms with Gasteiger partial charge >= 0.3 is 6.18 Å². The number of amides is 1. The van der Waals surface area contributed by atoms with Gasteiger partial charge in [0, 0.05) is 18.6 Å². The van der Waals surface area contributed by atoms with Crippen molar-refractivity contribution in [2.45, 2.75) is 11.1 Å². The lowest BCUT2D eigenvalue weighted by Gasteiger charge is -2.20. The maximum Gasteiger partial charge on any atom is 0.416 e. The number of nitrogens with two attached hydrogens (primary N) is 1. The Kier molecular flexibility index (Phi) is 5.88. The van der Waals surface area contributed by atoms with Crippen LogP contribution in [0.4, 0.5) is 24.5 Å². The van der Waals surface area contributed by atoms with E-state index < -0.39 is 27.7 Å². The van der Waals surface area contributed by atoms with E-state index in [-0.39, 0.29) is 20.6 Å². The van der Waals surface area contributed by atoms with Gasteiger partial charge in [0.1, 0.15) is 0 Å². The monoisotopic (exact) mass is 465 g/mol. The molecule has 0 fully saturated rings. The Hall–Kier alpha value is -2.11. The number of primary sulfonamides is 1. The predicted octanol–water partition coefficient (Wildman–Crippen LogP) is 3.43. The first-order valence-corrected chi connectivity index (χ1v) is 9.67. The molecule has 0 saturated heterocycles. The molecule has 0 aromatic heterocycles. The molecule has 1 amide bonds. The Labute approximate surface area is 162 Å². The second kappa shape index (κ2) is 7.49. The molecular weight excluding hydrogens is 451 g/mol. The number of benzene rings is 2. The fourth-order valence-corrected chi connectivity index (χ4v) is 3.21. The van der Waals surface area contributed by atoms with Gasteiger partial charge in [0.05, 0.1) is 27.4 Å². The lowest BCUT2D eigenvalue weighted by Crippen LogP contribution is -2.19. The summed E-state index contributed by atoms with van der Waals surface area (Å²) in [7, 11) is -0.840. The number of nitrogens with one attached hydrogen (secondary N) is 1. The standard InChI is InChI=1S/C16H15BrF3N3O3S/c1-23(2)14-6-3-9(16(18,19)20)7-13(14)22-15(24)11-8-10(27(21,25)26)4-5-12(11)17/h3-8H,1-2H3,(H,22,24)(H2,21,25,26). The Morgan fingerprint density at radius 1 is 1.15 bits per heavy atom. The van der Waals surface area contributed by atoms with Crippen LogP contribution in [0.15, 0.2) is 45.8 Å². The fraction of sp³-hybridized carbons (Fsp3) is 0.188. The first-order valence-electron chi connectivity index (χ1n) is 7.33. The third-order valence-electron chi connectivity index (χ3n) is 3.56. The molecule has 0 heterocycles. The van der Waals surface area contributed by atoms with Crippen LogP contribution in [0.3, 0.4) is 0 Å². The minimum atomic E-state index is -4.58. The van der Waals surface area contributed by atoms with Crippen LogP contribution in [-0.2, 0) is 16.2 Å². The van der Waals surface area contributed by atoms with Gasteiger partial charge in [-0.3, -0.25) is 4.79 Å². The van der Waals surface area contributed by atoms with E-state index in [2.05, 4.69) is 21.2 Å². The summed E-state index contributed by atoms with van der Waals surface area (Å²) in [6.45, 7) is 0. The zero-order valence-electron chi connectivity index (χ0n) is 14.1. The molecule has 0 bridgehead atoms. The van der Waals surface area contributed by atoms with Crippen molar-refractivity contribution in [2.75, 3.05) is 24.3 Å². The smallest absolute Gasteiger partial charge is 0.376 e. The lowest BCUT2D eigenvalue weighted by atomic mass is 10.1. The van der Waals surface area contributed by atoms with Crippen molar-refractivity contribution < 1.29 is 26.4 Å². The van der Waals surface area contributed by atoms with Crippen LogP contribution >= 0.6 is 15.9 Å². The van der Waals surface area contributed by atoms with E-state index in [1.807, 2.05) is 0 Å². The second-order valence-electron chi connectivity index (χ2n) is 5.76. The van der Waals surface area contributed by atoms with Gasteiger partial charge in [0.2, 0.25) is 10.0 Å². The van der Waals surface area contributed by atoms with E-state index in [1.165, 1.54) is 23.1 Å². The Balaban J connectivity index is 2.49. The minimum Gasteiger partial charge on any atom is -0.376 e. The normalized spacial score (nSPS) is 12.0. The van der Waals surface area contributed by atoms with E-state index in [0.717, 1.165) is 18.2 Å². The van der Waals surface area contributed by atoms with E-state index in [1.54, 1.807) is 14.1 Å². The van der Waals surface area contributed by atoms with Gasteiger partial charge in [0.15, 0.2) is 0 Å². The summed E-state index contributed by atoms with van der Waals surface area (Å²) >= 11 is 3.12. The molecule has 0 unspecified atom stereocenters. The lowest BCUT2D eigenvalue weighted by molar-refractivity contribution is -0.137. The van der Waals surface area contributed by atoms with Crippen LogP contribution in [0.1, 0.15) is 15.9 Å². The van der Waals surface area contributed by atoms with Gasteiger partial charge in [-0.25, -0.2) is 13.6 Å². The first kappa shape index (κ1) is 21.2. The highest BCUT2D eigenvalue weighted by Gasteiger charge is 2.31. The van der Waals surface area contributed by atoms with E-state index in [9.17, 15) is 26.4 Å². The Bertz CT molecular complexity index is 992. The molecule has 0 aliphatic rings. The highest BCUT2D eigenvalue weighted by molar-refractivity contribution is 9.10. The van der Waals surface area contributed by atoms with Crippen molar-refractivity contribution >= 4 is 43.2 Å². The van der Waals surface area contributed by atoms with Crippen LogP contribution < -0.4 is 15.4 Å². The minimum absolute atomic E-state index is 0.0762. The molecule has 2 aromatic carbocycles. The molecule has 146 valence electrons. The molecule has 0 atom stereocenters. The molecule has 2 aromatic rings. The number of carbonyl (C=O) groups is 1. The SMILES string of the molecule is CN(C)c1ccc(C(F)(F)F)cc1NC(=O)c1cc(S(N)(=O)=O)ccc1Br. The number of rotatable bonds is 4. The van der Waals surface area contributed by atoms with Crippen LogP contribution in [-0.4, -0.2) is 28.4 Å². The van der Waals surface area contributed by atoms with Gasteiger partial charge in [-0.1, -0.05) is 0 Å². The maximum absolute atomic E-state index is 13.0. The van der Waals surface area contributed by atoms with Crippen molar-refractivity contribution in [1.29, 1.82) is 0 Å². The fourth-order valence-electron chi connectivity index (χ4n) is 2.25. The average molecular weight is 466 g/mol. The highest BCUT2D eigenvalue weighted by atomic mass is 79.9. The largest absolute Gasteiger partial charge is 0.416 e. The molecular formula is C16H15BrF3N3O3S. The number of halogens is 4. The van der Waals surface area contributed by atoms with Gasteiger partial charge in [-0.15, -0.1) is 0 Å². The number of hydrogen-bond donors (Lipinski definition) is 2. The third-order valence-corrected chi connectivity index (χ3v) is 5.17. The summed E-state index contributed by atoms with van der Waals surface area (Å²) in [5.41, 5.74) is -0.757. The van der Waals surface area contributed by atoms with Crippen molar-refractivity contribution in [3.8, 4) is 0 Å². The van der Waals surface area contributed by atoms with Crippen LogP contribution in [0.25, 0.3) is 0 Å². The molecule has 2 rings (SSSR count). The molecule has 27 heavy (non-hydrogen) atoms. The Morgan fingerprint density at radius 3 is 2.30 bits per heavy atom. The van der Waals surface area contributed by atoms with Gasteiger partial charge in [0.25, 0.3) is 5.91 Å². The van der Waals surface area contributed by atoms with E-state index >= 15 is 0 Å². The summed E-state index contributed by atoms with van der Waals surface area (Å²) in [6, 6.07) is 6.50. The van der Waals surface area contributed by atoms with Gasteiger partial charge < -0.3 is 10.2 Å². The number of nitrogens with zero attached hydrogens (tertiary/aromatic N) is 1. The Morgan fingerprint density at radius 2 is 1.78 bits per heavy atom. The zero-order valence-corrected chi connectivity index (χ0v) is 16.5. The topological polar surface area (TPSA) is 92.5 Å². The zero-order chi connectivity index (χ0) is 20.6. The maximum atomic E-state index is 13.0. The molecule has 0 spiro atoms. The molecule has 0 radical (unpaired) electrons. The number of alkyl halides is 3. The number of anilines is 2. The summed E-state index contributed by atoms with van der Waals surface area (Å²) < 4.78 is 62.2. The van der Waals surface area contributed by atoms with Crippen molar-refractivity contribution in [3.05, 3.63) is 52.0 Å². The van der Waals surface area contributed by atoms with E-state index in [0.29, 0.717) is 5.69 Å². The number of sulfonamides is 1. The molecule has 6 nitrogen and oxygen atoms in total. The van der Waals surface area contributed by atoms with Crippen molar-refractivity contribution in [3.63, 3.8) is 0 Å². The van der Waals surface area contributed by atoms with Crippen molar-refractivity contribution in [2.24, 2.45) is 5.14 Å². The summed E-state index contributed by atoms with van der Waals surface area (Å²) in [4.78, 5) is 13.8. The number of hydrogen-bond acceptors (Lipinski definition) is 4. The van der Waals surface area contributed by atoms with Gasteiger partial charge in [-0.2, -0.15) is 13.2 Å². The molecule has 0 aliphatic carbocycles. The van der Waals surface area contributed by atoms with Crippen LogP contribution in [0.5, 0.6) is 0 Å². The predicted molar refractivity (Wildman–Crippen MR) is 99.2 cm³/mol. The third kappa shape index (κ3) is 4.99. The quantitative estimate of drug-likeness (QED) is 0.723. The highest BCUT2D eigenvalue weighted by Crippen LogP contribution is 2.35. The summed E-state index contributed by atoms with van der Waals surface area (Å²) in [6.07, 6.45) is -4.58. The van der Waals surface area contributed by atoms with Crippen LogP contribution in [0, 0.1) is 0 Å². The molecule has 3 N–H and O–H groups in total. The number of carbonyl (C=O) groups excluding carboxylic acids is 1. The van der Waals surface area contributed by atoms with Gasteiger partial charge in [-0.05, 0) is 52.3 Å². The first-order chi connectivity index (χ1) is 12.3. The van der Waals surface area contributed by atoms with E-state index in [4.69, 9.17) is 5.14 Å². The van der Waals surface area contributed by atoms with Crippen LogP contribution in [0.2, 0.25) is 0 Å².